The second kappa shape index (κ2) is 6.73. The Bertz CT molecular complexity index is 979. The van der Waals surface area contributed by atoms with Gasteiger partial charge in [0.1, 0.15) is 17.3 Å². The molecule has 0 aliphatic carbocycles. The Balaban J connectivity index is 2.30. The van der Waals surface area contributed by atoms with E-state index in [1.54, 1.807) is 6.07 Å². The van der Waals surface area contributed by atoms with E-state index in [2.05, 4.69) is 0 Å². The molecule has 4 nitrogen and oxygen atoms in total. The fourth-order valence-electron chi connectivity index (χ4n) is 2.67. The highest BCUT2D eigenvalue weighted by Gasteiger charge is 2.18. The summed E-state index contributed by atoms with van der Waals surface area (Å²) in [5, 5.41) is 1.57. The Kier molecular flexibility index (Phi) is 4.48. The van der Waals surface area contributed by atoms with Crippen molar-refractivity contribution in [3.8, 4) is 22.6 Å². The van der Waals surface area contributed by atoms with E-state index < -0.39 is 17.8 Å². The molecule has 25 heavy (non-hydrogen) atoms. The van der Waals surface area contributed by atoms with Gasteiger partial charge in [-0.15, -0.1) is 0 Å². The molecule has 0 N–H and O–H groups in total. The van der Waals surface area contributed by atoms with Gasteiger partial charge in [-0.2, -0.15) is 0 Å². The predicted molar refractivity (Wildman–Crippen MR) is 92.0 cm³/mol. The van der Waals surface area contributed by atoms with E-state index in [1.807, 2.05) is 30.3 Å². The molecule has 0 saturated heterocycles. The minimum absolute atomic E-state index is 0.192. The average Bonchev–Trinajstić information content (AvgIpc) is 2.56. The molecule has 0 aliphatic rings. The van der Waals surface area contributed by atoms with Crippen LogP contribution in [0.25, 0.3) is 21.9 Å². The Morgan fingerprint density at radius 1 is 0.840 bits per heavy atom. The lowest BCUT2D eigenvalue weighted by Gasteiger charge is -2.15. The summed E-state index contributed by atoms with van der Waals surface area (Å²) in [4.78, 5) is 22.9. The van der Waals surface area contributed by atoms with Crippen LogP contribution in [0.5, 0.6) is 11.5 Å². The Labute approximate surface area is 143 Å². The lowest BCUT2D eigenvalue weighted by molar-refractivity contribution is -0.132. The zero-order valence-electron chi connectivity index (χ0n) is 13.7. The average molecular weight is 338 g/mol. The zero-order chi connectivity index (χ0) is 18.0. The third-order valence-corrected chi connectivity index (χ3v) is 3.61. The molecule has 0 atom stereocenters. The number of hydrogen-bond donors (Lipinski definition) is 0. The lowest BCUT2D eigenvalue weighted by atomic mass is 9.98. The molecule has 0 unspecified atom stereocenters. The van der Waals surface area contributed by atoms with Gasteiger partial charge in [0, 0.05) is 30.4 Å². The fourth-order valence-corrected chi connectivity index (χ4v) is 2.67. The molecule has 3 aromatic rings. The van der Waals surface area contributed by atoms with E-state index in [1.165, 1.54) is 32.0 Å². The Morgan fingerprint density at radius 3 is 2.28 bits per heavy atom. The topological polar surface area (TPSA) is 52.6 Å². The standard InChI is InChI=1S/C20H15FO4/c1-12(22)24-19-10-8-15(21)11-18(19)17-9-7-14-5-3-4-6-16(14)20(17)25-13(2)23/h3-11H,1-2H3. The predicted octanol–water partition coefficient (Wildman–Crippen LogP) is 4.50. The number of fused-ring (bicyclic) bond motifs is 1. The van der Waals surface area contributed by atoms with Crippen LogP contribution in [-0.4, -0.2) is 11.9 Å². The van der Waals surface area contributed by atoms with Crippen molar-refractivity contribution in [3.05, 3.63) is 60.4 Å². The minimum Gasteiger partial charge on any atom is -0.426 e. The number of carbonyl (C=O) groups is 2. The first kappa shape index (κ1) is 16.6. The molecule has 0 fully saturated rings. The van der Waals surface area contributed by atoms with Crippen molar-refractivity contribution < 1.29 is 23.5 Å². The maximum atomic E-state index is 13.8. The first-order valence-corrected chi connectivity index (χ1v) is 7.64. The molecule has 0 spiro atoms. The van der Waals surface area contributed by atoms with Crippen LogP contribution in [-0.2, 0) is 9.59 Å². The molecule has 0 amide bonds. The lowest BCUT2D eigenvalue weighted by Crippen LogP contribution is -2.06. The quantitative estimate of drug-likeness (QED) is 0.521. The van der Waals surface area contributed by atoms with Gasteiger partial charge in [0.25, 0.3) is 0 Å². The van der Waals surface area contributed by atoms with Gasteiger partial charge in [-0.05, 0) is 29.7 Å². The third kappa shape index (κ3) is 3.50. The molecule has 126 valence electrons. The van der Waals surface area contributed by atoms with Gasteiger partial charge in [-0.3, -0.25) is 9.59 Å². The van der Waals surface area contributed by atoms with Gasteiger partial charge in [0.2, 0.25) is 0 Å². The van der Waals surface area contributed by atoms with Crippen molar-refractivity contribution in [2.45, 2.75) is 13.8 Å². The SMILES string of the molecule is CC(=O)Oc1ccc(F)cc1-c1ccc2ccccc2c1OC(C)=O. The first-order valence-electron chi connectivity index (χ1n) is 7.64. The van der Waals surface area contributed by atoms with Gasteiger partial charge >= 0.3 is 11.9 Å². The molecule has 3 aromatic carbocycles. The second-order valence-electron chi connectivity index (χ2n) is 5.49. The Morgan fingerprint density at radius 2 is 1.56 bits per heavy atom. The van der Waals surface area contributed by atoms with Gasteiger partial charge in [0.15, 0.2) is 0 Å². The number of ether oxygens (including phenoxy) is 2. The van der Waals surface area contributed by atoms with Crippen molar-refractivity contribution in [2.24, 2.45) is 0 Å². The molecule has 0 bridgehead atoms. The number of esters is 2. The molecular weight excluding hydrogens is 323 g/mol. The highest BCUT2D eigenvalue weighted by atomic mass is 19.1. The van der Waals surface area contributed by atoms with Crippen LogP contribution in [0.3, 0.4) is 0 Å². The van der Waals surface area contributed by atoms with Crippen molar-refractivity contribution in [2.75, 3.05) is 0 Å². The van der Waals surface area contributed by atoms with Crippen molar-refractivity contribution in [3.63, 3.8) is 0 Å². The molecule has 0 aromatic heterocycles. The summed E-state index contributed by atoms with van der Waals surface area (Å²) < 4.78 is 24.4. The number of rotatable bonds is 3. The molecule has 5 heteroatoms. The van der Waals surface area contributed by atoms with E-state index in [4.69, 9.17) is 9.47 Å². The largest absolute Gasteiger partial charge is 0.426 e. The highest BCUT2D eigenvalue weighted by molar-refractivity contribution is 5.98. The Hall–Kier alpha value is -3.21. The van der Waals surface area contributed by atoms with Gasteiger partial charge < -0.3 is 9.47 Å². The summed E-state index contributed by atoms with van der Waals surface area (Å²) in [5.41, 5.74) is 0.793. The molecule has 0 aliphatic heterocycles. The molecule has 0 radical (unpaired) electrons. The van der Waals surface area contributed by atoms with Crippen LogP contribution in [0.15, 0.2) is 54.6 Å². The minimum atomic E-state index is -0.525. The van der Waals surface area contributed by atoms with Crippen LogP contribution in [0.1, 0.15) is 13.8 Å². The van der Waals surface area contributed by atoms with Crippen LogP contribution in [0, 0.1) is 5.82 Å². The smallest absolute Gasteiger partial charge is 0.308 e. The van der Waals surface area contributed by atoms with Crippen LogP contribution >= 0.6 is 0 Å². The van der Waals surface area contributed by atoms with E-state index in [0.29, 0.717) is 22.3 Å². The van der Waals surface area contributed by atoms with Gasteiger partial charge in [-0.25, -0.2) is 4.39 Å². The van der Waals surface area contributed by atoms with Crippen molar-refractivity contribution in [1.82, 2.24) is 0 Å². The zero-order valence-corrected chi connectivity index (χ0v) is 13.7. The summed E-state index contributed by atoms with van der Waals surface area (Å²) in [6, 6.07) is 14.7. The van der Waals surface area contributed by atoms with E-state index in [-0.39, 0.29) is 5.75 Å². The van der Waals surface area contributed by atoms with Crippen molar-refractivity contribution in [1.29, 1.82) is 0 Å². The van der Waals surface area contributed by atoms with Crippen LogP contribution < -0.4 is 9.47 Å². The molecule has 0 heterocycles. The number of benzene rings is 3. The molecular formula is C20H15FO4. The summed E-state index contributed by atoms with van der Waals surface area (Å²) >= 11 is 0. The summed E-state index contributed by atoms with van der Waals surface area (Å²) in [7, 11) is 0. The molecule has 0 saturated carbocycles. The van der Waals surface area contributed by atoms with E-state index >= 15 is 0 Å². The normalized spacial score (nSPS) is 10.5. The van der Waals surface area contributed by atoms with Crippen molar-refractivity contribution >= 4 is 22.7 Å². The summed E-state index contributed by atoms with van der Waals surface area (Å²) in [6.45, 7) is 2.56. The number of halogens is 1. The summed E-state index contributed by atoms with van der Waals surface area (Å²) in [6.07, 6.45) is 0. The fraction of sp³-hybridized carbons (Fsp3) is 0.100. The monoisotopic (exact) mass is 338 g/mol. The third-order valence-electron chi connectivity index (χ3n) is 3.61. The van der Waals surface area contributed by atoms with Crippen LogP contribution in [0.2, 0.25) is 0 Å². The first-order chi connectivity index (χ1) is 12.0. The number of carbonyl (C=O) groups excluding carboxylic acids is 2. The van der Waals surface area contributed by atoms with Gasteiger partial charge in [-0.1, -0.05) is 30.3 Å². The molecule has 3 rings (SSSR count). The van der Waals surface area contributed by atoms with E-state index in [0.717, 1.165) is 5.39 Å². The van der Waals surface area contributed by atoms with Gasteiger partial charge in [0.05, 0.1) is 0 Å². The number of hydrogen-bond acceptors (Lipinski definition) is 4. The second-order valence-corrected chi connectivity index (χ2v) is 5.49. The highest BCUT2D eigenvalue weighted by Crippen LogP contribution is 2.41. The maximum absolute atomic E-state index is 13.8. The van der Waals surface area contributed by atoms with E-state index in [9.17, 15) is 14.0 Å². The van der Waals surface area contributed by atoms with Crippen LogP contribution in [0.4, 0.5) is 4.39 Å². The maximum Gasteiger partial charge on any atom is 0.308 e. The summed E-state index contributed by atoms with van der Waals surface area (Å²) in [5.74, 6) is -1.03.